The van der Waals surface area contributed by atoms with Crippen molar-refractivity contribution in [2.24, 2.45) is 0 Å². The van der Waals surface area contributed by atoms with E-state index in [0.29, 0.717) is 11.4 Å². The number of piperidine rings is 1. The van der Waals surface area contributed by atoms with Crippen LogP contribution in [0.2, 0.25) is 0 Å². The van der Waals surface area contributed by atoms with E-state index in [0.717, 1.165) is 19.4 Å². The van der Waals surface area contributed by atoms with Gasteiger partial charge in [-0.3, -0.25) is 0 Å². The molecular formula is C11H16ClNO2S. The van der Waals surface area contributed by atoms with Crippen LogP contribution in [0.5, 0.6) is 0 Å². The molecule has 0 aliphatic carbocycles. The Morgan fingerprint density at radius 1 is 1.19 bits per heavy atom. The summed E-state index contributed by atoms with van der Waals surface area (Å²) in [5.74, 6) is 0. The molecule has 1 heterocycles. The van der Waals surface area contributed by atoms with Crippen LogP contribution in [0.4, 0.5) is 0 Å². The predicted octanol–water partition coefficient (Wildman–Crippen LogP) is 1.63. The first-order valence-electron chi connectivity index (χ1n) is 5.21. The van der Waals surface area contributed by atoms with Crippen LogP contribution >= 0.6 is 12.4 Å². The first-order chi connectivity index (χ1) is 7.21. The second-order valence-corrected chi connectivity index (χ2v) is 6.05. The molecule has 0 bridgehead atoms. The molecule has 3 nitrogen and oxygen atoms in total. The summed E-state index contributed by atoms with van der Waals surface area (Å²) in [7, 11) is -3.12. The van der Waals surface area contributed by atoms with Gasteiger partial charge in [0.25, 0.3) is 0 Å². The van der Waals surface area contributed by atoms with Crippen LogP contribution in [0.25, 0.3) is 0 Å². The molecule has 90 valence electrons. The molecular weight excluding hydrogens is 246 g/mol. The number of hydrogen-bond acceptors (Lipinski definition) is 3. The average Bonchev–Trinajstić information content (AvgIpc) is 2.31. The number of rotatable bonds is 2. The van der Waals surface area contributed by atoms with Crippen LogP contribution in [-0.4, -0.2) is 26.8 Å². The maximum Gasteiger partial charge on any atom is 0.182 e. The summed E-state index contributed by atoms with van der Waals surface area (Å²) in [6, 6.07) is 8.71. The van der Waals surface area contributed by atoms with Crippen molar-refractivity contribution in [1.82, 2.24) is 5.32 Å². The lowest BCUT2D eigenvalue weighted by Gasteiger charge is -2.22. The highest BCUT2D eigenvalue weighted by atomic mass is 35.5. The molecule has 0 amide bonds. The number of hydrogen-bond donors (Lipinski definition) is 1. The second kappa shape index (κ2) is 5.66. The molecule has 1 fully saturated rings. The van der Waals surface area contributed by atoms with Crippen molar-refractivity contribution in [1.29, 1.82) is 0 Å². The molecule has 0 spiro atoms. The molecule has 1 aromatic rings. The molecule has 5 heteroatoms. The van der Waals surface area contributed by atoms with Crippen molar-refractivity contribution in [2.45, 2.75) is 23.0 Å². The molecule has 0 saturated carbocycles. The average molecular weight is 262 g/mol. The summed E-state index contributed by atoms with van der Waals surface area (Å²) in [6.45, 7) is 1.51. The quantitative estimate of drug-likeness (QED) is 0.880. The predicted molar refractivity (Wildman–Crippen MR) is 66.8 cm³/mol. The van der Waals surface area contributed by atoms with Crippen LogP contribution in [0, 0.1) is 0 Å². The Kier molecular flexibility index (Phi) is 4.77. The molecule has 16 heavy (non-hydrogen) atoms. The third-order valence-corrected chi connectivity index (χ3v) is 4.97. The molecule has 2 rings (SSSR count). The Bertz CT molecular complexity index is 413. The minimum Gasteiger partial charge on any atom is -0.315 e. The van der Waals surface area contributed by atoms with Crippen molar-refractivity contribution < 1.29 is 8.42 Å². The minimum absolute atomic E-state index is 0. The fourth-order valence-electron chi connectivity index (χ4n) is 1.89. The van der Waals surface area contributed by atoms with E-state index in [1.807, 2.05) is 6.07 Å². The van der Waals surface area contributed by atoms with E-state index in [9.17, 15) is 8.42 Å². The number of nitrogens with one attached hydrogen (secondary N) is 1. The molecule has 1 saturated heterocycles. The van der Waals surface area contributed by atoms with Crippen molar-refractivity contribution in [3.8, 4) is 0 Å². The van der Waals surface area contributed by atoms with E-state index in [1.54, 1.807) is 24.3 Å². The summed E-state index contributed by atoms with van der Waals surface area (Å²) in [4.78, 5) is 0.443. The monoisotopic (exact) mass is 261 g/mol. The molecule has 1 unspecified atom stereocenters. The Labute approximate surface area is 103 Å². The van der Waals surface area contributed by atoms with Gasteiger partial charge in [-0.2, -0.15) is 0 Å². The van der Waals surface area contributed by atoms with E-state index in [-0.39, 0.29) is 17.7 Å². The van der Waals surface area contributed by atoms with Gasteiger partial charge in [-0.05, 0) is 31.5 Å². The van der Waals surface area contributed by atoms with E-state index in [1.165, 1.54) is 0 Å². The fraction of sp³-hybridized carbons (Fsp3) is 0.455. The standard InChI is InChI=1S/C11H15NO2S.ClH/c13-15(14,10-5-2-1-3-6-10)11-7-4-8-12-9-11;/h1-3,5-6,11-12H,4,7-9H2;1H. The molecule has 1 N–H and O–H groups in total. The second-order valence-electron chi connectivity index (χ2n) is 3.83. The zero-order chi connectivity index (χ0) is 10.7. The highest BCUT2D eigenvalue weighted by Gasteiger charge is 2.28. The van der Waals surface area contributed by atoms with Gasteiger partial charge in [-0.15, -0.1) is 12.4 Å². The van der Waals surface area contributed by atoms with Gasteiger partial charge >= 0.3 is 0 Å². The summed E-state index contributed by atoms with van der Waals surface area (Å²) in [5.41, 5.74) is 0. The number of sulfone groups is 1. The van der Waals surface area contributed by atoms with Gasteiger partial charge in [0, 0.05) is 6.54 Å². The third kappa shape index (κ3) is 2.75. The molecule has 0 aromatic heterocycles. The number of benzene rings is 1. The zero-order valence-corrected chi connectivity index (χ0v) is 10.6. The van der Waals surface area contributed by atoms with Crippen LogP contribution in [0.3, 0.4) is 0 Å². The molecule has 1 aliphatic heterocycles. The van der Waals surface area contributed by atoms with E-state index in [4.69, 9.17) is 0 Å². The van der Waals surface area contributed by atoms with Crippen molar-refractivity contribution in [3.05, 3.63) is 30.3 Å². The van der Waals surface area contributed by atoms with E-state index >= 15 is 0 Å². The molecule has 1 aliphatic rings. The number of halogens is 1. The van der Waals surface area contributed by atoms with Crippen molar-refractivity contribution in [2.75, 3.05) is 13.1 Å². The normalized spacial score (nSPS) is 21.1. The van der Waals surface area contributed by atoms with Gasteiger partial charge in [0.1, 0.15) is 0 Å². The third-order valence-electron chi connectivity index (χ3n) is 2.76. The van der Waals surface area contributed by atoms with Gasteiger partial charge in [-0.25, -0.2) is 8.42 Å². The van der Waals surface area contributed by atoms with Gasteiger partial charge < -0.3 is 5.32 Å². The highest BCUT2D eigenvalue weighted by Crippen LogP contribution is 2.20. The lowest BCUT2D eigenvalue weighted by atomic mass is 10.2. The van der Waals surface area contributed by atoms with Crippen LogP contribution < -0.4 is 5.32 Å². The van der Waals surface area contributed by atoms with Crippen LogP contribution in [0.1, 0.15) is 12.8 Å². The van der Waals surface area contributed by atoms with Crippen molar-refractivity contribution in [3.63, 3.8) is 0 Å². The molecule has 1 aromatic carbocycles. The van der Waals surface area contributed by atoms with Crippen LogP contribution in [-0.2, 0) is 9.84 Å². The van der Waals surface area contributed by atoms with Crippen molar-refractivity contribution >= 4 is 22.2 Å². The van der Waals surface area contributed by atoms with Crippen LogP contribution in [0.15, 0.2) is 35.2 Å². The van der Waals surface area contributed by atoms with E-state index in [2.05, 4.69) is 5.32 Å². The Morgan fingerprint density at radius 2 is 1.88 bits per heavy atom. The topological polar surface area (TPSA) is 46.2 Å². The maximum absolute atomic E-state index is 12.1. The Hall–Kier alpha value is -0.580. The fourth-order valence-corrected chi connectivity index (χ4v) is 3.62. The maximum atomic E-state index is 12.1. The first kappa shape index (κ1) is 13.5. The van der Waals surface area contributed by atoms with Gasteiger partial charge in [0.2, 0.25) is 0 Å². The summed E-state index contributed by atoms with van der Waals surface area (Å²) in [5, 5.41) is 2.88. The Morgan fingerprint density at radius 3 is 2.44 bits per heavy atom. The highest BCUT2D eigenvalue weighted by molar-refractivity contribution is 7.92. The SMILES string of the molecule is Cl.O=S(=O)(c1ccccc1)C1CCCNC1. The smallest absolute Gasteiger partial charge is 0.182 e. The molecule has 1 atom stereocenters. The summed E-state index contributed by atoms with van der Waals surface area (Å²) in [6.07, 6.45) is 1.71. The van der Waals surface area contributed by atoms with Gasteiger partial charge in [0.05, 0.1) is 10.1 Å². The zero-order valence-electron chi connectivity index (χ0n) is 8.93. The van der Waals surface area contributed by atoms with Gasteiger partial charge in [-0.1, -0.05) is 18.2 Å². The largest absolute Gasteiger partial charge is 0.315 e. The summed E-state index contributed by atoms with van der Waals surface area (Å²) >= 11 is 0. The minimum atomic E-state index is -3.12. The first-order valence-corrected chi connectivity index (χ1v) is 6.75. The lowest BCUT2D eigenvalue weighted by molar-refractivity contribution is 0.497. The van der Waals surface area contributed by atoms with E-state index < -0.39 is 9.84 Å². The molecule has 0 radical (unpaired) electrons. The van der Waals surface area contributed by atoms with Gasteiger partial charge in [0.15, 0.2) is 9.84 Å². The Balaban J connectivity index is 0.00000128. The lowest BCUT2D eigenvalue weighted by Crippen LogP contribution is -2.38. The summed E-state index contributed by atoms with van der Waals surface area (Å²) < 4.78 is 24.3.